The summed E-state index contributed by atoms with van der Waals surface area (Å²) in [4.78, 5) is 43.3. The smallest absolute Gasteiger partial charge is 0.202 e. The number of phenolic OH excluding ortho intramolecular Hbond substituents is 2. The maximum Gasteiger partial charge on any atom is 0.202 e. The van der Waals surface area contributed by atoms with Gasteiger partial charge in [0.1, 0.15) is 29.0 Å². The number of rotatable bonds is 7. The number of aromatic hydroxyl groups is 2. The van der Waals surface area contributed by atoms with Crippen LogP contribution in [-0.4, -0.2) is 104 Å². The number of fused-ring (bicyclic) bond motifs is 3. The summed E-state index contributed by atoms with van der Waals surface area (Å²) in [6, 6.07) is 3.45. The molecule has 268 valence electrons. The molecule has 2 aromatic carbocycles. The zero-order chi connectivity index (χ0) is 36.4. The first-order chi connectivity index (χ1) is 23.5. The van der Waals surface area contributed by atoms with Crippen LogP contribution in [0.25, 0.3) is 10.4 Å². The van der Waals surface area contributed by atoms with E-state index in [0.29, 0.717) is 0 Å². The summed E-state index contributed by atoms with van der Waals surface area (Å²) in [5.74, 6) is -3.50. The van der Waals surface area contributed by atoms with Gasteiger partial charge in [-0.3, -0.25) is 14.4 Å². The number of carbonyl (C=O) groups excluding carboxylic acids is 3. The molecule has 2 aliphatic heterocycles. The zero-order valence-electron chi connectivity index (χ0n) is 28.0. The van der Waals surface area contributed by atoms with Crippen molar-refractivity contribution in [1.82, 2.24) is 0 Å². The Bertz CT molecular complexity index is 1810. The number of ketones is 3. The summed E-state index contributed by atoms with van der Waals surface area (Å²) < 4.78 is 29.6. The van der Waals surface area contributed by atoms with Gasteiger partial charge >= 0.3 is 0 Å². The number of ether oxygens (including phenoxy) is 5. The van der Waals surface area contributed by atoms with Gasteiger partial charge in [0.2, 0.25) is 5.78 Å². The average Bonchev–Trinajstić information content (AvgIpc) is 3.05. The van der Waals surface area contributed by atoms with Crippen LogP contribution in [0.1, 0.15) is 96.0 Å². The Balaban J connectivity index is 1.35. The number of phenols is 2. The van der Waals surface area contributed by atoms with Gasteiger partial charge in [-0.25, -0.2) is 0 Å². The van der Waals surface area contributed by atoms with E-state index >= 15 is 0 Å². The second-order valence-electron chi connectivity index (χ2n) is 13.6. The highest BCUT2D eigenvalue weighted by molar-refractivity contribution is 6.31. The lowest BCUT2D eigenvalue weighted by molar-refractivity contribution is -0.314. The molecule has 10 atom stereocenters. The van der Waals surface area contributed by atoms with Crippen molar-refractivity contribution in [3.8, 4) is 17.2 Å². The fraction of sp³-hybridized carbons (Fsp3) is 0.559. The monoisotopic (exact) mass is 697 g/mol. The molecule has 2 saturated heterocycles. The second-order valence-corrected chi connectivity index (χ2v) is 13.6. The fourth-order valence-corrected chi connectivity index (χ4v) is 7.55. The van der Waals surface area contributed by atoms with Gasteiger partial charge in [0, 0.05) is 47.3 Å². The number of nitrogens with zero attached hydrogens (tertiary/aromatic N) is 3. The van der Waals surface area contributed by atoms with Crippen molar-refractivity contribution in [1.29, 1.82) is 0 Å². The number of hydrogen-bond donors (Lipinski definition) is 5. The Labute approximate surface area is 286 Å². The van der Waals surface area contributed by atoms with Gasteiger partial charge in [0.15, 0.2) is 24.1 Å². The van der Waals surface area contributed by atoms with Crippen LogP contribution in [0.15, 0.2) is 23.3 Å². The van der Waals surface area contributed by atoms with Crippen LogP contribution in [0.5, 0.6) is 17.2 Å². The van der Waals surface area contributed by atoms with E-state index in [-0.39, 0.29) is 40.8 Å². The Morgan fingerprint density at radius 2 is 1.68 bits per heavy atom. The average molecular weight is 698 g/mol. The molecule has 16 heteroatoms. The number of azide groups is 1. The molecule has 0 radical (unpaired) electrons. The van der Waals surface area contributed by atoms with Crippen LogP contribution < -0.4 is 4.74 Å². The number of aliphatic hydroxyl groups is 3. The second kappa shape index (κ2) is 12.9. The number of hydrogen-bond acceptors (Lipinski definition) is 14. The molecular weight excluding hydrogens is 658 g/mol. The van der Waals surface area contributed by atoms with E-state index < -0.39 is 113 Å². The lowest BCUT2D eigenvalue weighted by Gasteiger charge is -2.46. The van der Waals surface area contributed by atoms with E-state index in [1.54, 1.807) is 13.8 Å². The Hall–Kier alpha value is -4.12. The normalized spacial score (nSPS) is 35.0. The topological polar surface area (TPSA) is 247 Å². The van der Waals surface area contributed by atoms with Crippen molar-refractivity contribution in [3.63, 3.8) is 0 Å². The van der Waals surface area contributed by atoms with E-state index in [0.717, 1.165) is 6.92 Å². The summed E-state index contributed by atoms with van der Waals surface area (Å²) in [5, 5.41) is 59.6. The van der Waals surface area contributed by atoms with Crippen molar-refractivity contribution in [2.45, 2.75) is 114 Å². The molecule has 2 heterocycles. The molecule has 6 rings (SSSR count). The molecule has 2 aromatic rings. The molecule has 5 N–H and O–H groups in total. The molecule has 0 saturated carbocycles. The Morgan fingerprint density at radius 3 is 2.32 bits per heavy atom. The molecule has 8 unspecified atom stereocenters. The zero-order valence-corrected chi connectivity index (χ0v) is 28.0. The fourth-order valence-electron chi connectivity index (χ4n) is 7.55. The van der Waals surface area contributed by atoms with Gasteiger partial charge in [-0.15, -0.1) is 0 Å². The van der Waals surface area contributed by atoms with Gasteiger partial charge in [-0.05, 0) is 39.3 Å². The Kier molecular flexibility index (Phi) is 9.20. The predicted molar refractivity (Wildman–Crippen MR) is 170 cm³/mol. The molecular formula is C34H39N3O13. The van der Waals surface area contributed by atoms with Crippen LogP contribution in [0.4, 0.5) is 0 Å². The minimum atomic E-state index is -2.11. The standard InChI is InChI=1S/C34H39N3O13/c1-13-31(50-22-12-33(4,44)32(43)14(2)48-22)18(36-37-35)9-21(47-13)49-20-11-34(45,15(3)38)10-17-24(20)30(42)26-25(28(17)40)27(39)16-7-6-8-19(46-5)23(16)29(26)41/h6-8,13-14,18,20-22,31-32,40,42-45H,9-12H2,1-5H3/t13?,14?,18?,20-,21?,22?,31?,32?,33?,34-/m0/s1. The largest absolute Gasteiger partial charge is 0.507 e. The highest BCUT2D eigenvalue weighted by Gasteiger charge is 2.51. The van der Waals surface area contributed by atoms with Crippen LogP contribution in [0, 0.1) is 0 Å². The van der Waals surface area contributed by atoms with E-state index in [1.165, 1.54) is 32.2 Å². The third kappa shape index (κ3) is 5.81. The number of methoxy groups -OCH3 is 1. The number of Topliss-reactive ketones (excluding diaryl/α,β-unsaturated/α-hetero) is 1. The van der Waals surface area contributed by atoms with Crippen LogP contribution in [-0.2, 0) is 30.2 Å². The molecule has 0 amide bonds. The predicted octanol–water partition coefficient (Wildman–Crippen LogP) is 2.65. The van der Waals surface area contributed by atoms with E-state index in [9.17, 15) is 45.4 Å². The molecule has 2 aliphatic carbocycles. The molecule has 16 nitrogen and oxygen atoms in total. The first-order valence-corrected chi connectivity index (χ1v) is 16.2. The first kappa shape index (κ1) is 35.7. The lowest BCUT2D eigenvalue weighted by Crippen LogP contribution is -2.57. The third-order valence-electron chi connectivity index (χ3n) is 10.2. The third-order valence-corrected chi connectivity index (χ3v) is 10.2. The van der Waals surface area contributed by atoms with Crippen molar-refractivity contribution in [3.05, 3.63) is 62.0 Å². The maximum atomic E-state index is 13.9. The molecule has 50 heavy (non-hydrogen) atoms. The van der Waals surface area contributed by atoms with Crippen LogP contribution in [0.2, 0.25) is 0 Å². The van der Waals surface area contributed by atoms with Crippen LogP contribution in [0.3, 0.4) is 0 Å². The quantitative estimate of drug-likeness (QED) is 0.103. The van der Waals surface area contributed by atoms with Crippen molar-refractivity contribution in [2.24, 2.45) is 5.11 Å². The summed E-state index contributed by atoms with van der Waals surface area (Å²) in [6.45, 7) is 5.81. The molecule has 0 spiro atoms. The highest BCUT2D eigenvalue weighted by Crippen LogP contribution is 2.52. The summed E-state index contributed by atoms with van der Waals surface area (Å²) in [5.41, 5.74) is 4.39. The maximum absolute atomic E-state index is 13.9. The number of benzene rings is 2. The Morgan fingerprint density at radius 1 is 1.00 bits per heavy atom. The minimum absolute atomic E-state index is 0.0553. The minimum Gasteiger partial charge on any atom is -0.507 e. The summed E-state index contributed by atoms with van der Waals surface area (Å²) in [7, 11) is 1.32. The number of aliphatic hydroxyl groups excluding tert-OH is 1. The van der Waals surface area contributed by atoms with Crippen molar-refractivity contribution in [2.75, 3.05) is 7.11 Å². The SMILES string of the molecule is COc1cccc2c1C(=O)c1c(O)c3c(c(O)c1C2=O)C[C@@](O)(C(C)=O)C[C@@H]3OC1CC(N=[N+]=[N-])C(OC2CC(C)(O)C(O)C(C)O2)C(C)O1. The van der Waals surface area contributed by atoms with Gasteiger partial charge in [0.05, 0.1) is 59.9 Å². The number of carbonyl (C=O) groups is 3. The van der Waals surface area contributed by atoms with Crippen LogP contribution >= 0.6 is 0 Å². The molecule has 0 aromatic heterocycles. The van der Waals surface area contributed by atoms with E-state index in [2.05, 4.69) is 10.0 Å². The lowest BCUT2D eigenvalue weighted by atomic mass is 9.72. The van der Waals surface area contributed by atoms with Crippen molar-refractivity contribution >= 4 is 17.3 Å². The molecule has 0 bridgehead atoms. The van der Waals surface area contributed by atoms with E-state index in [4.69, 9.17) is 23.7 Å². The highest BCUT2D eigenvalue weighted by atomic mass is 16.7. The van der Waals surface area contributed by atoms with Gasteiger partial charge < -0.3 is 49.2 Å². The van der Waals surface area contributed by atoms with Gasteiger partial charge in [-0.2, -0.15) is 0 Å². The van der Waals surface area contributed by atoms with E-state index in [1.807, 2.05) is 0 Å². The first-order valence-electron chi connectivity index (χ1n) is 16.2. The molecule has 4 aliphatic rings. The van der Waals surface area contributed by atoms with Gasteiger partial charge in [-0.1, -0.05) is 17.2 Å². The summed E-state index contributed by atoms with van der Waals surface area (Å²) >= 11 is 0. The van der Waals surface area contributed by atoms with Crippen molar-refractivity contribution < 1.29 is 63.6 Å². The van der Waals surface area contributed by atoms with Gasteiger partial charge in [0.25, 0.3) is 0 Å². The molecule has 2 fully saturated rings. The summed E-state index contributed by atoms with van der Waals surface area (Å²) in [6.07, 6.45) is -8.33.